The molecule has 3 aromatic heterocycles. The van der Waals surface area contributed by atoms with Crippen LogP contribution in [0.5, 0.6) is 0 Å². The number of fused-ring (bicyclic) bond motifs is 1. The molecule has 1 fully saturated rings. The predicted molar refractivity (Wildman–Crippen MR) is 127 cm³/mol. The zero-order valence-electron chi connectivity index (χ0n) is 19.4. The molecule has 2 atom stereocenters. The molecule has 0 unspecified atom stereocenters. The van der Waals surface area contributed by atoms with E-state index < -0.39 is 36.1 Å². The Labute approximate surface area is 217 Å². The summed E-state index contributed by atoms with van der Waals surface area (Å²) < 4.78 is 46.1. The topological polar surface area (TPSA) is 126 Å². The number of H-pyrrole nitrogens is 1. The molecule has 2 aliphatic heterocycles. The van der Waals surface area contributed by atoms with E-state index in [1.807, 2.05) is 0 Å². The number of halogens is 4. The smallest absolute Gasteiger partial charge is 0.247 e. The van der Waals surface area contributed by atoms with Crippen LogP contribution in [0.15, 0.2) is 36.8 Å². The van der Waals surface area contributed by atoms with Crippen LogP contribution in [0.25, 0.3) is 22.5 Å². The van der Waals surface area contributed by atoms with Crippen molar-refractivity contribution in [3.05, 3.63) is 76.5 Å². The van der Waals surface area contributed by atoms with E-state index in [1.54, 1.807) is 11.0 Å². The van der Waals surface area contributed by atoms with Crippen LogP contribution in [0.1, 0.15) is 42.4 Å². The normalized spacial score (nSPS) is 19.1. The van der Waals surface area contributed by atoms with Gasteiger partial charge in [-0.25, -0.2) is 13.8 Å². The molecule has 0 aliphatic carbocycles. The van der Waals surface area contributed by atoms with Crippen LogP contribution in [0.4, 0.5) is 13.2 Å². The number of aromatic amines is 1. The van der Waals surface area contributed by atoms with Gasteiger partial charge in [0, 0.05) is 29.4 Å². The fourth-order valence-electron chi connectivity index (χ4n) is 5.20. The molecule has 2 aliphatic rings. The van der Waals surface area contributed by atoms with Gasteiger partial charge in [-0.2, -0.15) is 9.07 Å². The molecule has 1 aromatic carbocycles. The number of aliphatic hydroxyl groups is 1. The number of aliphatic hydroxyl groups excluding tert-OH is 1. The van der Waals surface area contributed by atoms with Gasteiger partial charge in [0.2, 0.25) is 11.9 Å². The molecule has 2 N–H and O–H groups in total. The molecule has 0 spiro atoms. The number of pyridine rings is 1. The van der Waals surface area contributed by atoms with Crippen LogP contribution in [-0.4, -0.2) is 57.1 Å². The lowest BCUT2D eigenvalue weighted by Crippen LogP contribution is -2.39. The number of benzene rings is 1. The molecule has 5 heterocycles. The van der Waals surface area contributed by atoms with Crippen LogP contribution >= 0.6 is 11.6 Å². The fourth-order valence-corrected chi connectivity index (χ4v) is 5.36. The van der Waals surface area contributed by atoms with Crippen LogP contribution in [-0.2, 0) is 11.4 Å². The highest BCUT2D eigenvalue weighted by atomic mass is 35.5. The van der Waals surface area contributed by atoms with E-state index in [2.05, 4.69) is 30.5 Å². The maximum absolute atomic E-state index is 15.3. The lowest BCUT2D eigenvalue weighted by atomic mass is 9.92. The number of aromatic nitrogens is 7. The second-order valence-electron chi connectivity index (χ2n) is 8.94. The Morgan fingerprint density at radius 1 is 1.16 bits per heavy atom. The van der Waals surface area contributed by atoms with Gasteiger partial charge in [0.05, 0.1) is 23.4 Å². The zero-order valence-corrected chi connectivity index (χ0v) is 20.2. The number of nitrogens with zero attached hydrogens (tertiary/aromatic N) is 7. The number of carbonyl (C=O) groups is 1. The second-order valence-corrected chi connectivity index (χ2v) is 9.35. The number of hydrogen-bond acceptors (Lipinski definition) is 7. The predicted octanol–water partition coefficient (Wildman–Crippen LogP) is 3.53. The first-order chi connectivity index (χ1) is 18.4. The summed E-state index contributed by atoms with van der Waals surface area (Å²) in [5, 5.41) is 20.2. The fraction of sp³-hybridized carbons (Fsp3) is 0.250. The molecule has 14 heteroatoms. The Balaban J connectivity index is 1.35. The molecule has 0 bridgehead atoms. The van der Waals surface area contributed by atoms with E-state index in [-0.39, 0.29) is 39.4 Å². The number of carbonyl (C=O) groups excluding carboxylic acids is 1. The molecule has 1 saturated heterocycles. The Morgan fingerprint density at radius 3 is 2.76 bits per heavy atom. The monoisotopic (exact) mass is 542 g/mol. The molecule has 0 saturated carbocycles. The zero-order chi connectivity index (χ0) is 26.6. The highest BCUT2D eigenvalue weighted by Crippen LogP contribution is 2.44. The van der Waals surface area contributed by atoms with Gasteiger partial charge < -0.3 is 15.0 Å². The largest absolute Gasteiger partial charge is 0.390 e. The minimum atomic E-state index is -0.940. The number of tetrazole rings is 1. The molecule has 10 nitrogen and oxygen atoms in total. The van der Waals surface area contributed by atoms with E-state index in [1.165, 1.54) is 35.4 Å². The minimum absolute atomic E-state index is 0.108. The first-order valence-corrected chi connectivity index (χ1v) is 12.0. The summed E-state index contributed by atoms with van der Waals surface area (Å²) in [5.41, 5.74) is 0.333. The van der Waals surface area contributed by atoms with E-state index in [0.717, 1.165) is 0 Å². The first kappa shape index (κ1) is 24.2. The highest BCUT2D eigenvalue weighted by molar-refractivity contribution is 6.31. The summed E-state index contributed by atoms with van der Waals surface area (Å²) in [5.74, 6) is -2.74. The molecule has 194 valence electrons. The van der Waals surface area contributed by atoms with Gasteiger partial charge in [-0.05, 0) is 53.5 Å². The van der Waals surface area contributed by atoms with E-state index in [0.29, 0.717) is 30.5 Å². The van der Waals surface area contributed by atoms with Gasteiger partial charge in [-0.1, -0.05) is 11.6 Å². The summed E-state index contributed by atoms with van der Waals surface area (Å²) in [7, 11) is 0. The Morgan fingerprint density at radius 2 is 2.00 bits per heavy atom. The van der Waals surface area contributed by atoms with Crippen molar-refractivity contribution in [2.75, 3.05) is 0 Å². The third kappa shape index (κ3) is 3.85. The summed E-state index contributed by atoms with van der Waals surface area (Å²) in [6.07, 6.45) is 5.22. The molecule has 0 radical (unpaired) electrons. The van der Waals surface area contributed by atoms with Crippen molar-refractivity contribution in [2.24, 2.45) is 0 Å². The van der Waals surface area contributed by atoms with Crippen molar-refractivity contribution in [1.82, 2.24) is 40.1 Å². The first-order valence-electron chi connectivity index (χ1n) is 11.6. The third-order valence-electron chi connectivity index (χ3n) is 6.87. The number of amides is 1. The molecule has 6 rings (SSSR count). The Hall–Kier alpha value is -4.10. The van der Waals surface area contributed by atoms with Gasteiger partial charge in [0.15, 0.2) is 11.6 Å². The number of nitrogens with one attached hydrogen (secondary N) is 1. The maximum Gasteiger partial charge on any atom is 0.247 e. The summed E-state index contributed by atoms with van der Waals surface area (Å²) in [4.78, 5) is 25.4. The van der Waals surface area contributed by atoms with Crippen molar-refractivity contribution < 1.29 is 23.1 Å². The van der Waals surface area contributed by atoms with Gasteiger partial charge in [-0.15, -0.1) is 5.10 Å². The molecule has 1 amide bonds. The van der Waals surface area contributed by atoms with Crippen molar-refractivity contribution in [3.8, 4) is 16.9 Å². The number of hydrogen-bond donors (Lipinski definition) is 2. The summed E-state index contributed by atoms with van der Waals surface area (Å²) >= 11 is 6.06. The van der Waals surface area contributed by atoms with Gasteiger partial charge in [0.1, 0.15) is 23.5 Å². The van der Waals surface area contributed by atoms with Crippen LogP contribution in [0.3, 0.4) is 0 Å². The molecular weight excluding hydrogens is 525 g/mol. The van der Waals surface area contributed by atoms with Crippen molar-refractivity contribution >= 4 is 23.1 Å². The van der Waals surface area contributed by atoms with E-state index >= 15 is 4.39 Å². The lowest BCUT2D eigenvalue weighted by Gasteiger charge is -2.33. The average Bonchev–Trinajstić information content (AvgIpc) is 3.66. The van der Waals surface area contributed by atoms with Crippen LogP contribution in [0, 0.1) is 17.6 Å². The SMILES string of the molecule is O=C1C=C(c2c(-n3cnnn3)ccc(Cl)c2F)C[C@H]2CC[C@@H](c3nc(F)c(-c4ccnc(CO)c4F)[nH]3)N12. The molecule has 38 heavy (non-hydrogen) atoms. The van der Waals surface area contributed by atoms with E-state index in [4.69, 9.17) is 11.6 Å². The van der Waals surface area contributed by atoms with Gasteiger partial charge in [-0.3, -0.25) is 9.78 Å². The standard InChI is InChI=1S/C24H18ClF3N8O2/c25-14-2-4-16(35-10-30-33-34-35)19(21(14)27)11-7-12-1-3-17(36(12)18(38)8-11)24-31-22(23(28)32-24)13-5-6-29-15(9-37)20(13)26/h2,4-6,8,10,12,17,37H,1,3,7,9H2,(H,31,32)/t12-,17+/m1/s1. The lowest BCUT2D eigenvalue weighted by molar-refractivity contribution is -0.129. The summed E-state index contributed by atoms with van der Waals surface area (Å²) in [6, 6.07) is 3.31. The number of rotatable bonds is 5. The molecule has 4 aromatic rings. The number of imidazole rings is 1. The van der Waals surface area contributed by atoms with E-state index in [9.17, 15) is 18.7 Å². The maximum atomic E-state index is 15.3. The highest BCUT2D eigenvalue weighted by Gasteiger charge is 2.42. The second kappa shape index (κ2) is 9.33. The third-order valence-corrected chi connectivity index (χ3v) is 7.17. The average molecular weight is 543 g/mol. The van der Waals surface area contributed by atoms with Gasteiger partial charge >= 0.3 is 0 Å². The summed E-state index contributed by atoms with van der Waals surface area (Å²) in [6.45, 7) is -0.647. The molecular formula is C24H18ClF3N8O2. The minimum Gasteiger partial charge on any atom is -0.390 e. The Kier molecular flexibility index (Phi) is 5.95. The van der Waals surface area contributed by atoms with Crippen molar-refractivity contribution in [2.45, 2.75) is 38.0 Å². The van der Waals surface area contributed by atoms with Crippen molar-refractivity contribution in [3.63, 3.8) is 0 Å². The van der Waals surface area contributed by atoms with Crippen LogP contribution < -0.4 is 0 Å². The Bertz CT molecular complexity index is 1590. The van der Waals surface area contributed by atoms with Crippen molar-refractivity contribution in [1.29, 1.82) is 0 Å². The van der Waals surface area contributed by atoms with Gasteiger partial charge in [0.25, 0.3) is 0 Å². The quantitative estimate of drug-likeness (QED) is 0.395. The van der Waals surface area contributed by atoms with Crippen LogP contribution in [0.2, 0.25) is 5.02 Å².